The summed E-state index contributed by atoms with van der Waals surface area (Å²) in [5.74, 6) is -0.761. The topological polar surface area (TPSA) is 86.8 Å². The van der Waals surface area contributed by atoms with Crippen molar-refractivity contribution in [2.45, 2.75) is 62.0 Å². The summed E-state index contributed by atoms with van der Waals surface area (Å²) >= 11 is 6.54. The lowest BCUT2D eigenvalue weighted by atomic mass is 9.94. The van der Waals surface area contributed by atoms with E-state index in [9.17, 15) is 18.0 Å². The zero-order valence-electron chi connectivity index (χ0n) is 25.1. The number of halogens is 1. The number of nitrogens with zero attached hydrogens (tertiary/aromatic N) is 2. The summed E-state index contributed by atoms with van der Waals surface area (Å²) in [5, 5.41) is 3.41. The van der Waals surface area contributed by atoms with Gasteiger partial charge >= 0.3 is 0 Å². The Kier molecular flexibility index (Phi) is 10.9. The van der Waals surface area contributed by atoms with Gasteiger partial charge in [0.1, 0.15) is 12.6 Å². The summed E-state index contributed by atoms with van der Waals surface area (Å²) in [5.41, 5.74) is 1.90. The number of anilines is 1. The van der Waals surface area contributed by atoms with Crippen LogP contribution in [0.5, 0.6) is 0 Å². The van der Waals surface area contributed by atoms with Crippen molar-refractivity contribution in [2.75, 3.05) is 10.8 Å². The smallest absolute Gasteiger partial charge is 0.264 e. The Balaban J connectivity index is 1.55. The molecule has 1 atom stereocenters. The van der Waals surface area contributed by atoms with E-state index in [-0.39, 0.29) is 40.5 Å². The van der Waals surface area contributed by atoms with Crippen LogP contribution >= 0.6 is 11.6 Å². The van der Waals surface area contributed by atoms with E-state index in [2.05, 4.69) is 5.32 Å². The molecule has 1 aliphatic rings. The summed E-state index contributed by atoms with van der Waals surface area (Å²) < 4.78 is 29.2. The molecule has 1 N–H and O–H groups in total. The van der Waals surface area contributed by atoms with Gasteiger partial charge in [0.05, 0.1) is 15.6 Å². The quantitative estimate of drug-likeness (QED) is 0.188. The van der Waals surface area contributed by atoms with E-state index in [1.807, 2.05) is 60.7 Å². The number of nitrogens with one attached hydrogen (secondary N) is 1. The van der Waals surface area contributed by atoms with Gasteiger partial charge in [0, 0.05) is 19.0 Å². The fourth-order valence-electron chi connectivity index (χ4n) is 5.77. The van der Waals surface area contributed by atoms with Gasteiger partial charge in [0.2, 0.25) is 11.8 Å². The molecule has 45 heavy (non-hydrogen) atoms. The standard InChI is InChI=1S/C36H38ClN3O4S/c37-32-23-13-14-24-33(32)40(45(43,44)31-21-11-4-12-22-31)27-35(41)39(26-29-17-7-2-8-18-29)34(25-28-15-5-1-6-16-28)36(42)38-30-19-9-3-10-20-30/h1-2,4-8,11-18,21-24,30,34H,3,9-10,19-20,25-27H2,(H,38,42). The van der Waals surface area contributed by atoms with Gasteiger partial charge in [-0.15, -0.1) is 0 Å². The molecule has 1 fully saturated rings. The highest BCUT2D eigenvalue weighted by Gasteiger charge is 2.35. The maximum Gasteiger partial charge on any atom is 0.264 e. The maximum atomic E-state index is 14.5. The van der Waals surface area contributed by atoms with Crippen LogP contribution in [0.1, 0.15) is 43.2 Å². The van der Waals surface area contributed by atoms with Crippen molar-refractivity contribution in [3.05, 3.63) is 131 Å². The molecule has 0 aromatic heterocycles. The molecule has 1 aliphatic carbocycles. The average Bonchev–Trinajstić information content (AvgIpc) is 3.07. The Hall–Kier alpha value is -4.14. The van der Waals surface area contributed by atoms with E-state index in [1.165, 1.54) is 17.0 Å². The highest BCUT2D eigenvalue weighted by atomic mass is 35.5. The van der Waals surface area contributed by atoms with Gasteiger partial charge in [-0.2, -0.15) is 0 Å². The summed E-state index contributed by atoms with van der Waals surface area (Å²) in [7, 11) is -4.20. The molecule has 1 unspecified atom stereocenters. The van der Waals surface area contributed by atoms with Crippen LogP contribution in [-0.4, -0.2) is 43.8 Å². The molecular formula is C36H38ClN3O4S. The monoisotopic (exact) mass is 643 g/mol. The Morgan fingerprint density at radius 1 is 0.756 bits per heavy atom. The van der Waals surface area contributed by atoms with Crippen molar-refractivity contribution in [3.8, 4) is 0 Å². The van der Waals surface area contributed by atoms with Crippen molar-refractivity contribution >= 4 is 39.1 Å². The molecule has 5 rings (SSSR count). The number of carbonyl (C=O) groups excluding carboxylic acids is 2. The molecule has 0 saturated heterocycles. The second-order valence-corrected chi connectivity index (χ2v) is 13.6. The minimum Gasteiger partial charge on any atom is -0.352 e. The zero-order valence-corrected chi connectivity index (χ0v) is 26.7. The molecule has 9 heteroatoms. The molecule has 4 aromatic carbocycles. The summed E-state index contributed by atoms with van der Waals surface area (Å²) in [6.07, 6.45) is 5.30. The number of amides is 2. The molecule has 1 saturated carbocycles. The molecular weight excluding hydrogens is 606 g/mol. The van der Waals surface area contributed by atoms with Crippen LogP contribution in [0.3, 0.4) is 0 Å². The molecule has 7 nitrogen and oxygen atoms in total. The Bertz CT molecular complexity index is 1660. The van der Waals surface area contributed by atoms with Gasteiger partial charge < -0.3 is 10.2 Å². The largest absolute Gasteiger partial charge is 0.352 e. The SMILES string of the molecule is O=C(NC1CCCCC1)C(Cc1ccccc1)N(Cc1ccccc1)C(=O)CN(c1ccccc1Cl)S(=O)(=O)c1ccccc1. The number of benzene rings is 4. The first kappa shape index (κ1) is 32.3. The first-order valence-corrected chi connectivity index (χ1v) is 17.1. The van der Waals surface area contributed by atoms with Gasteiger partial charge in [-0.05, 0) is 48.2 Å². The maximum absolute atomic E-state index is 14.5. The third-order valence-corrected chi connectivity index (χ3v) is 10.2. The van der Waals surface area contributed by atoms with E-state index >= 15 is 0 Å². The van der Waals surface area contributed by atoms with Crippen LogP contribution in [0.25, 0.3) is 0 Å². The van der Waals surface area contributed by atoms with Crippen LogP contribution in [-0.2, 0) is 32.6 Å². The van der Waals surface area contributed by atoms with Crippen molar-refractivity contribution in [1.82, 2.24) is 10.2 Å². The molecule has 0 aliphatic heterocycles. The summed E-state index contributed by atoms with van der Waals surface area (Å²) in [6.45, 7) is -0.424. The summed E-state index contributed by atoms with van der Waals surface area (Å²) in [4.78, 5) is 30.2. The second kappa shape index (κ2) is 15.2. The average molecular weight is 644 g/mol. The molecule has 0 bridgehead atoms. The number of carbonyl (C=O) groups is 2. The van der Waals surface area contributed by atoms with Crippen molar-refractivity contribution in [2.24, 2.45) is 0 Å². The third-order valence-electron chi connectivity index (χ3n) is 8.15. The lowest BCUT2D eigenvalue weighted by Crippen LogP contribution is -2.55. The Morgan fingerprint density at radius 2 is 1.31 bits per heavy atom. The molecule has 4 aromatic rings. The Morgan fingerprint density at radius 3 is 1.93 bits per heavy atom. The van der Waals surface area contributed by atoms with Gasteiger partial charge in [0.15, 0.2) is 0 Å². The predicted molar refractivity (Wildman–Crippen MR) is 178 cm³/mol. The normalized spacial score (nSPS) is 14.3. The predicted octanol–water partition coefficient (Wildman–Crippen LogP) is 6.62. The van der Waals surface area contributed by atoms with Crippen LogP contribution < -0.4 is 9.62 Å². The van der Waals surface area contributed by atoms with E-state index in [1.54, 1.807) is 42.5 Å². The lowest BCUT2D eigenvalue weighted by Gasteiger charge is -2.35. The van der Waals surface area contributed by atoms with Crippen LogP contribution in [0.2, 0.25) is 5.02 Å². The lowest BCUT2D eigenvalue weighted by molar-refractivity contribution is -0.140. The van der Waals surface area contributed by atoms with Gasteiger partial charge in [-0.25, -0.2) is 8.42 Å². The second-order valence-electron chi connectivity index (χ2n) is 11.3. The highest BCUT2D eigenvalue weighted by molar-refractivity contribution is 7.92. The van der Waals surface area contributed by atoms with Crippen LogP contribution in [0.15, 0.2) is 120 Å². The number of rotatable bonds is 12. The van der Waals surface area contributed by atoms with Gasteiger partial charge in [0.25, 0.3) is 10.0 Å². The number of hydrogen-bond donors (Lipinski definition) is 1. The van der Waals surface area contributed by atoms with Gasteiger partial charge in [-0.3, -0.25) is 13.9 Å². The first-order valence-electron chi connectivity index (χ1n) is 15.3. The first-order chi connectivity index (χ1) is 21.8. The number of para-hydroxylation sites is 1. The molecule has 0 heterocycles. The number of hydrogen-bond acceptors (Lipinski definition) is 4. The molecule has 234 valence electrons. The van der Waals surface area contributed by atoms with Crippen LogP contribution in [0.4, 0.5) is 5.69 Å². The fourth-order valence-corrected chi connectivity index (χ4v) is 7.51. The zero-order chi connectivity index (χ0) is 31.6. The van der Waals surface area contributed by atoms with E-state index < -0.39 is 28.5 Å². The molecule has 0 spiro atoms. The van der Waals surface area contributed by atoms with E-state index in [4.69, 9.17) is 11.6 Å². The number of sulfonamides is 1. The fraction of sp³-hybridized carbons (Fsp3) is 0.278. The minimum atomic E-state index is -4.20. The summed E-state index contributed by atoms with van der Waals surface area (Å²) in [6, 6.07) is 32.7. The third kappa shape index (κ3) is 8.32. The molecule has 2 amide bonds. The van der Waals surface area contributed by atoms with E-state index in [0.29, 0.717) is 0 Å². The molecule has 0 radical (unpaired) electrons. The van der Waals surface area contributed by atoms with E-state index in [0.717, 1.165) is 47.5 Å². The Labute approximate surface area is 270 Å². The highest BCUT2D eigenvalue weighted by Crippen LogP contribution is 2.31. The van der Waals surface area contributed by atoms with Crippen LogP contribution in [0, 0.1) is 0 Å². The van der Waals surface area contributed by atoms with Crippen molar-refractivity contribution < 1.29 is 18.0 Å². The minimum absolute atomic E-state index is 0.0307. The van der Waals surface area contributed by atoms with Crippen molar-refractivity contribution in [1.29, 1.82) is 0 Å². The van der Waals surface area contributed by atoms with Crippen molar-refractivity contribution in [3.63, 3.8) is 0 Å². The van der Waals surface area contributed by atoms with Gasteiger partial charge in [-0.1, -0.05) is 122 Å².